The fourth-order valence-corrected chi connectivity index (χ4v) is 1.52. The molecule has 1 aromatic carbocycles. The van der Waals surface area contributed by atoms with Crippen molar-refractivity contribution in [3.8, 4) is 11.5 Å². The fraction of sp³-hybridized carbons (Fsp3) is 0.364. The predicted molar refractivity (Wildman–Crippen MR) is 56.4 cm³/mol. The van der Waals surface area contributed by atoms with Crippen molar-refractivity contribution in [3.63, 3.8) is 0 Å². The van der Waals surface area contributed by atoms with Gasteiger partial charge in [-0.1, -0.05) is 6.07 Å². The number of carbonyl (C=O) groups is 1. The lowest BCUT2D eigenvalue weighted by Crippen LogP contribution is -2.23. The van der Waals surface area contributed by atoms with E-state index in [0.717, 1.165) is 0 Å². The van der Waals surface area contributed by atoms with E-state index in [2.05, 4.69) is 4.74 Å². The van der Waals surface area contributed by atoms with Crippen LogP contribution in [0.4, 0.5) is 0 Å². The van der Waals surface area contributed by atoms with Crippen molar-refractivity contribution in [1.29, 1.82) is 0 Å². The van der Waals surface area contributed by atoms with Crippen molar-refractivity contribution in [1.82, 2.24) is 0 Å². The van der Waals surface area contributed by atoms with Crippen molar-refractivity contribution in [2.75, 3.05) is 20.3 Å². The summed E-state index contributed by atoms with van der Waals surface area (Å²) in [6, 6.07) is 4.39. The van der Waals surface area contributed by atoms with E-state index < -0.39 is 12.0 Å². The molecule has 5 nitrogen and oxygen atoms in total. The molecule has 86 valence electrons. The highest BCUT2D eigenvalue weighted by molar-refractivity contribution is 5.77. The summed E-state index contributed by atoms with van der Waals surface area (Å²) in [6.07, 6.45) is 0. The summed E-state index contributed by atoms with van der Waals surface area (Å²) in [5.74, 6) is 0.812. The number of ether oxygens (including phenoxy) is 3. The van der Waals surface area contributed by atoms with Gasteiger partial charge in [0.05, 0.1) is 7.11 Å². The van der Waals surface area contributed by atoms with Crippen LogP contribution in [-0.4, -0.2) is 26.3 Å². The van der Waals surface area contributed by atoms with Crippen molar-refractivity contribution >= 4 is 5.97 Å². The summed E-state index contributed by atoms with van der Waals surface area (Å²) in [6.45, 7) is 1.04. The van der Waals surface area contributed by atoms with Crippen LogP contribution >= 0.6 is 0 Å². The second-order valence-corrected chi connectivity index (χ2v) is 3.40. The van der Waals surface area contributed by atoms with E-state index >= 15 is 0 Å². The first-order valence-electron chi connectivity index (χ1n) is 4.95. The van der Waals surface area contributed by atoms with Gasteiger partial charge in [0.1, 0.15) is 19.3 Å². The third-order valence-corrected chi connectivity index (χ3v) is 2.38. The van der Waals surface area contributed by atoms with E-state index in [1.165, 1.54) is 7.11 Å². The number of benzene rings is 1. The van der Waals surface area contributed by atoms with Crippen LogP contribution < -0.4 is 15.2 Å². The molecule has 0 bridgehead atoms. The first kappa shape index (κ1) is 10.8. The molecule has 1 aliphatic heterocycles. The second kappa shape index (κ2) is 4.40. The largest absolute Gasteiger partial charge is 0.486 e. The number of nitrogens with two attached hydrogens (primary N) is 1. The van der Waals surface area contributed by atoms with Gasteiger partial charge in [0.25, 0.3) is 0 Å². The lowest BCUT2D eigenvalue weighted by Gasteiger charge is -2.19. The fourth-order valence-electron chi connectivity index (χ4n) is 1.52. The third-order valence-electron chi connectivity index (χ3n) is 2.38. The Bertz CT molecular complexity index is 405. The van der Waals surface area contributed by atoms with Gasteiger partial charge >= 0.3 is 5.97 Å². The Morgan fingerprint density at radius 2 is 2.06 bits per heavy atom. The molecular weight excluding hydrogens is 210 g/mol. The average Bonchev–Trinajstić information content (AvgIpc) is 2.36. The van der Waals surface area contributed by atoms with Crippen LogP contribution in [0.1, 0.15) is 11.6 Å². The number of methoxy groups -OCH3 is 1. The maximum Gasteiger partial charge on any atom is 0.327 e. The molecule has 2 rings (SSSR count). The highest BCUT2D eigenvalue weighted by Gasteiger charge is 2.19. The highest BCUT2D eigenvalue weighted by Crippen LogP contribution is 2.32. The zero-order valence-corrected chi connectivity index (χ0v) is 8.93. The maximum atomic E-state index is 11.3. The van der Waals surface area contributed by atoms with Crippen molar-refractivity contribution in [3.05, 3.63) is 23.8 Å². The molecule has 2 N–H and O–H groups in total. The minimum Gasteiger partial charge on any atom is -0.486 e. The zero-order chi connectivity index (χ0) is 11.5. The lowest BCUT2D eigenvalue weighted by molar-refractivity contribution is -0.142. The SMILES string of the molecule is COC(=O)[C@H](N)c1ccc2c(c1)OCCO2. The molecule has 1 heterocycles. The standard InChI is InChI=1S/C11H13NO4/c1-14-11(13)10(12)7-2-3-8-9(6-7)16-5-4-15-8/h2-3,6,10H,4-5,12H2,1H3/t10-/m1/s1. The monoisotopic (exact) mass is 223 g/mol. The molecule has 16 heavy (non-hydrogen) atoms. The Hall–Kier alpha value is -1.75. The molecular formula is C11H13NO4. The van der Waals surface area contributed by atoms with Crippen molar-refractivity contribution < 1.29 is 19.0 Å². The van der Waals surface area contributed by atoms with Crippen LogP contribution in [0.2, 0.25) is 0 Å². The molecule has 1 atom stereocenters. The van der Waals surface area contributed by atoms with E-state index in [9.17, 15) is 4.79 Å². The van der Waals surface area contributed by atoms with Gasteiger partial charge in [0.2, 0.25) is 0 Å². The van der Waals surface area contributed by atoms with E-state index in [1.807, 2.05) is 0 Å². The first-order chi connectivity index (χ1) is 7.72. The molecule has 1 aromatic rings. The molecule has 0 fully saturated rings. The van der Waals surface area contributed by atoms with E-state index in [4.69, 9.17) is 15.2 Å². The average molecular weight is 223 g/mol. The van der Waals surface area contributed by atoms with Crippen LogP contribution in [0, 0.1) is 0 Å². The number of hydrogen-bond acceptors (Lipinski definition) is 5. The zero-order valence-electron chi connectivity index (χ0n) is 8.93. The van der Waals surface area contributed by atoms with Gasteiger partial charge in [0.15, 0.2) is 11.5 Å². The topological polar surface area (TPSA) is 70.8 Å². The molecule has 0 unspecified atom stereocenters. The summed E-state index contributed by atoms with van der Waals surface area (Å²) < 4.78 is 15.3. The third kappa shape index (κ3) is 1.94. The molecule has 0 aromatic heterocycles. The molecule has 0 amide bonds. The summed E-state index contributed by atoms with van der Waals surface area (Å²) >= 11 is 0. The van der Waals surface area contributed by atoms with Gasteiger partial charge in [-0.05, 0) is 17.7 Å². The quantitative estimate of drug-likeness (QED) is 0.744. The van der Waals surface area contributed by atoms with Gasteiger partial charge in [-0.3, -0.25) is 4.79 Å². The second-order valence-electron chi connectivity index (χ2n) is 3.40. The maximum absolute atomic E-state index is 11.3. The van der Waals surface area contributed by atoms with Crippen LogP contribution in [0.15, 0.2) is 18.2 Å². The Morgan fingerprint density at radius 3 is 2.75 bits per heavy atom. The lowest BCUT2D eigenvalue weighted by atomic mass is 10.1. The number of hydrogen-bond donors (Lipinski definition) is 1. The van der Waals surface area contributed by atoms with Gasteiger partial charge in [0, 0.05) is 0 Å². The number of esters is 1. The first-order valence-corrected chi connectivity index (χ1v) is 4.95. The normalized spacial score (nSPS) is 15.4. The summed E-state index contributed by atoms with van der Waals surface area (Å²) in [4.78, 5) is 11.3. The van der Waals surface area contributed by atoms with Crippen molar-refractivity contribution in [2.45, 2.75) is 6.04 Å². The van der Waals surface area contributed by atoms with Crippen LogP contribution in [0.25, 0.3) is 0 Å². The Labute approximate surface area is 93.1 Å². The van der Waals surface area contributed by atoms with Gasteiger partial charge in [-0.2, -0.15) is 0 Å². The molecule has 0 aliphatic carbocycles. The van der Waals surface area contributed by atoms with E-state index in [0.29, 0.717) is 30.3 Å². The molecule has 0 spiro atoms. The molecule has 0 radical (unpaired) electrons. The van der Waals surface area contributed by atoms with Crippen molar-refractivity contribution in [2.24, 2.45) is 5.73 Å². The molecule has 0 saturated heterocycles. The predicted octanol–water partition coefficient (Wildman–Crippen LogP) is 0.631. The minimum absolute atomic E-state index is 0.475. The number of rotatable bonds is 2. The molecule has 1 aliphatic rings. The molecule has 5 heteroatoms. The Morgan fingerprint density at radius 1 is 1.38 bits per heavy atom. The van der Waals surface area contributed by atoms with Gasteiger partial charge in [-0.15, -0.1) is 0 Å². The van der Waals surface area contributed by atoms with Gasteiger partial charge in [-0.25, -0.2) is 0 Å². The number of fused-ring (bicyclic) bond motifs is 1. The van der Waals surface area contributed by atoms with E-state index in [-0.39, 0.29) is 0 Å². The minimum atomic E-state index is -0.791. The number of carbonyl (C=O) groups excluding carboxylic acids is 1. The van der Waals surface area contributed by atoms with Crippen LogP contribution in [-0.2, 0) is 9.53 Å². The summed E-state index contributed by atoms with van der Waals surface area (Å²) in [5.41, 5.74) is 6.36. The van der Waals surface area contributed by atoms with Crippen LogP contribution in [0.3, 0.4) is 0 Å². The van der Waals surface area contributed by atoms with Crippen LogP contribution in [0.5, 0.6) is 11.5 Å². The summed E-state index contributed by atoms with van der Waals surface area (Å²) in [7, 11) is 1.31. The summed E-state index contributed by atoms with van der Waals surface area (Å²) in [5, 5.41) is 0. The smallest absolute Gasteiger partial charge is 0.327 e. The Kier molecular flexibility index (Phi) is 2.96. The highest BCUT2D eigenvalue weighted by atomic mass is 16.6. The van der Waals surface area contributed by atoms with Gasteiger partial charge < -0.3 is 19.9 Å². The van der Waals surface area contributed by atoms with E-state index in [1.54, 1.807) is 18.2 Å². The Balaban J connectivity index is 2.26. The molecule has 0 saturated carbocycles.